The number of rotatable bonds is 4. The van der Waals surface area contributed by atoms with Gasteiger partial charge in [-0.1, -0.05) is 0 Å². The molecule has 0 aliphatic rings. The summed E-state index contributed by atoms with van der Waals surface area (Å²) in [6.07, 6.45) is 4.32. The summed E-state index contributed by atoms with van der Waals surface area (Å²) in [5.41, 5.74) is 1.20. The first kappa shape index (κ1) is 10.2. The van der Waals surface area contributed by atoms with Gasteiger partial charge < -0.3 is 10.0 Å². The van der Waals surface area contributed by atoms with Crippen LogP contribution in [-0.2, 0) is 0 Å². The summed E-state index contributed by atoms with van der Waals surface area (Å²) in [6, 6.07) is 4.26. The molecule has 1 aromatic rings. The smallest absolute Gasteiger partial charge is 0.0449 e. The average molecular weight is 180 g/mol. The van der Waals surface area contributed by atoms with E-state index in [0.717, 1.165) is 6.42 Å². The van der Waals surface area contributed by atoms with Gasteiger partial charge in [-0.05, 0) is 38.2 Å². The number of pyridine rings is 1. The summed E-state index contributed by atoms with van der Waals surface area (Å²) < 4.78 is 0. The molecule has 3 heteroatoms. The number of aromatic nitrogens is 1. The van der Waals surface area contributed by atoms with E-state index in [0.29, 0.717) is 0 Å². The van der Waals surface area contributed by atoms with Gasteiger partial charge in [-0.25, -0.2) is 0 Å². The molecule has 72 valence electrons. The highest BCUT2D eigenvalue weighted by Gasteiger charge is 2.12. The summed E-state index contributed by atoms with van der Waals surface area (Å²) in [7, 11) is 4.03. The second kappa shape index (κ2) is 4.94. The standard InChI is InChI=1S/C10H16N2O/c1-12(2)10(5-8-13)9-3-6-11-7-4-9/h3-4,6-7,10,13H,5,8H2,1-2H3. The second-order valence-corrected chi connectivity index (χ2v) is 3.27. The highest BCUT2D eigenvalue weighted by atomic mass is 16.3. The van der Waals surface area contributed by atoms with Crippen molar-refractivity contribution in [3.8, 4) is 0 Å². The fourth-order valence-corrected chi connectivity index (χ4v) is 1.43. The third-order valence-electron chi connectivity index (χ3n) is 2.12. The first-order chi connectivity index (χ1) is 6.25. The Morgan fingerprint density at radius 3 is 2.46 bits per heavy atom. The zero-order valence-corrected chi connectivity index (χ0v) is 8.14. The van der Waals surface area contributed by atoms with E-state index in [1.807, 2.05) is 26.2 Å². The van der Waals surface area contributed by atoms with Gasteiger partial charge in [-0.2, -0.15) is 0 Å². The Kier molecular flexibility index (Phi) is 3.86. The number of hydrogen-bond acceptors (Lipinski definition) is 3. The molecule has 0 aromatic carbocycles. The van der Waals surface area contributed by atoms with Gasteiger partial charge in [0.25, 0.3) is 0 Å². The van der Waals surface area contributed by atoms with Crippen molar-refractivity contribution >= 4 is 0 Å². The van der Waals surface area contributed by atoms with Crippen LogP contribution in [0.5, 0.6) is 0 Å². The molecule has 0 amide bonds. The second-order valence-electron chi connectivity index (χ2n) is 3.27. The Morgan fingerprint density at radius 1 is 1.38 bits per heavy atom. The highest BCUT2D eigenvalue weighted by molar-refractivity contribution is 5.14. The maximum Gasteiger partial charge on any atom is 0.0449 e. The van der Waals surface area contributed by atoms with Crippen LogP contribution in [-0.4, -0.2) is 35.7 Å². The molecule has 0 saturated heterocycles. The van der Waals surface area contributed by atoms with Crippen LogP contribution in [0.4, 0.5) is 0 Å². The molecule has 1 aromatic heterocycles. The van der Waals surface area contributed by atoms with Crippen molar-refractivity contribution in [1.29, 1.82) is 0 Å². The van der Waals surface area contributed by atoms with E-state index < -0.39 is 0 Å². The van der Waals surface area contributed by atoms with Gasteiger partial charge >= 0.3 is 0 Å². The first-order valence-corrected chi connectivity index (χ1v) is 4.43. The molecule has 0 saturated carbocycles. The van der Waals surface area contributed by atoms with Crippen LogP contribution in [0.1, 0.15) is 18.0 Å². The summed E-state index contributed by atoms with van der Waals surface area (Å²) in [5.74, 6) is 0. The van der Waals surface area contributed by atoms with Crippen LogP contribution in [0, 0.1) is 0 Å². The molecule has 0 aliphatic heterocycles. The third kappa shape index (κ3) is 2.79. The number of aliphatic hydroxyl groups excluding tert-OH is 1. The minimum Gasteiger partial charge on any atom is -0.396 e. The number of aliphatic hydroxyl groups is 1. The van der Waals surface area contributed by atoms with E-state index in [-0.39, 0.29) is 12.6 Å². The molecule has 1 unspecified atom stereocenters. The number of nitrogens with zero attached hydrogens (tertiary/aromatic N) is 2. The Labute approximate surface area is 79.0 Å². The highest BCUT2D eigenvalue weighted by Crippen LogP contribution is 2.20. The van der Waals surface area contributed by atoms with Crippen LogP contribution in [0.2, 0.25) is 0 Å². The largest absolute Gasteiger partial charge is 0.396 e. The van der Waals surface area contributed by atoms with Crippen molar-refractivity contribution in [2.75, 3.05) is 20.7 Å². The lowest BCUT2D eigenvalue weighted by atomic mass is 10.1. The van der Waals surface area contributed by atoms with Gasteiger partial charge in [0, 0.05) is 25.0 Å². The first-order valence-electron chi connectivity index (χ1n) is 4.43. The maximum atomic E-state index is 8.90. The van der Waals surface area contributed by atoms with Gasteiger partial charge in [0.05, 0.1) is 0 Å². The molecule has 0 aliphatic carbocycles. The molecule has 13 heavy (non-hydrogen) atoms. The lowest BCUT2D eigenvalue weighted by Gasteiger charge is -2.23. The van der Waals surface area contributed by atoms with Crippen molar-refractivity contribution < 1.29 is 5.11 Å². The summed E-state index contributed by atoms with van der Waals surface area (Å²) >= 11 is 0. The predicted molar refractivity (Wildman–Crippen MR) is 52.4 cm³/mol. The molecule has 0 bridgehead atoms. The Hall–Kier alpha value is -0.930. The van der Waals surface area contributed by atoms with Crippen molar-refractivity contribution in [3.63, 3.8) is 0 Å². The van der Waals surface area contributed by atoms with Crippen molar-refractivity contribution in [2.24, 2.45) is 0 Å². The predicted octanol–water partition coefficient (Wildman–Crippen LogP) is 1.07. The Morgan fingerprint density at radius 2 is 2.00 bits per heavy atom. The summed E-state index contributed by atoms with van der Waals surface area (Å²) in [4.78, 5) is 6.07. The molecule has 1 heterocycles. The van der Waals surface area contributed by atoms with Gasteiger partial charge in [-0.3, -0.25) is 4.98 Å². The molecular formula is C10H16N2O. The maximum absolute atomic E-state index is 8.90. The summed E-state index contributed by atoms with van der Waals surface area (Å²) in [6.45, 7) is 0.213. The van der Waals surface area contributed by atoms with Gasteiger partial charge in [0.2, 0.25) is 0 Å². The van der Waals surface area contributed by atoms with Crippen LogP contribution >= 0.6 is 0 Å². The van der Waals surface area contributed by atoms with Gasteiger partial charge in [0.15, 0.2) is 0 Å². The molecular weight excluding hydrogens is 164 g/mol. The van der Waals surface area contributed by atoms with Crippen LogP contribution in [0.15, 0.2) is 24.5 Å². The van der Waals surface area contributed by atoms with Gasteiger partial charge in [-0.15, -0.1) is 0 Å². The van der Waals surface area contributed by atoms with E-state index in [1.54, 1.807) is 12.4 Å². The van der Waals surface area contributed by atoms with Crippen molar-refractivity contribution in [3.05, 3.63) is 30.1 Å². The van der Waals surface area contributed by atoms with Crippen LogP contribution in [0.25, 0.3) is 0 Å². The van der Waals surface area contributed by atoms with Crippen LogP contribution in [0.3, 0.4) is 0 Å². The molecule has 0 radical (unpaired) electrons. The number of hydrogen-bond donors (Lipinski definition) is 1. The molecule has 1 N–H and O–H groups in total. The zero-order chi connectivity index (χ0) is 9.68. The lowest BCUT2D eigenvalue weighted by molar-refractivity contribution is 0.211. The quantitative estimate of drug-likeness (QED) is 0.753. The molecule has 0 fully saturated rings. The minimum absolute atomic E-state index is 0.213. The molecule has 3 nitrogen and oxygen atoms in total. The molecule has 1 atom stereocenters. The fraction of sp³-hybridized carbons (Fsp3) is 0.500. The Balaban J connectivity index is 2.76. The molecule has 0 spiro atoms. The van der Waals surface area contributed by atoms with E-state index in [9.17, 15) is 0 Å². The van der Waals surface area contributed by atoms with E-state index >= 15 is 0 Å². The zero-order valence-electron chi connectivity index (χ0n) is 8.14. The monoisotopic (exact) mass is 180 g/mol. The SMILES string of the molecule is CN(C)C(CCO)c1ccncc1. The minimum atomic E-state index is 0.213. The van der Waals surface area contributed by atoms with Crippen molar-refractivity contribution in [2.45, 2.75) is 12.5 Å². The topological polar surface area (TPSA) is 36.4 Å². The van der Waals surface area contributed by atoms with E-state index in [2.05, 4.69) is 9.88 Å². The van der Waals surface area contributed by atoms with Gasteiger partial charge in [0.1, 0.15) is 0 Å². The van der Waals surface area contributed by atoms with Crippen molar-refractivity contribution in [1.82, 2.24) is 9.88 Å². The van der Waals surface area contributed by atoms with E-state index in [4.69, 9.17) is 5.11 Å². The molecule has 1 rings (SSSR count). The Bertz CT molecular complexity index is 236. The fourth-order valence-electron chi connectivity index (χ4n) is 1.43. The summed E-state index contributed by atoms with van der Waals surface area (Å²) in [5, 5.41) is 8.90. The van der Waals surface area contributed by atoms with Crippen LogP contribution < -0.4 is 0 Å². The third-order valence-corrected chi connectivity index (χ3v) is 2.12. The normalized spacial score (nSPS) is 13.2. The van der Waals surface area contributed by atoms with E-state index in [1.165, 1.54) is 5.56 Å². The lowest BCUT2D eigenvalue weighted by Crippen LogP contribution is -2.20. The average Bonchev–Trinajstić information content (AvgIpc) is 2.15.